The molecule has 1 heterocycles. The molecule has 0 fully saturated rings. The summed E-state index contributed by atoms with van der Waals surface area (Å²) in [6.45, 7) is 0.882. The minimum absolute atomic E-state index is 0.882. The average molecular weight is 186 g/mol. The van der Waals surface area contributed by atoms with Gasteiger partial charge in [0.15, 0.2) is 0 Å². The van der Waals surface area contributed by atoms with Gasteiger partial charge in [-0.25, -0.2) is 0 Å². The zero-order valence-electron chi connectivity index (χ0n) is 8.25. The van der Waals surface area contributed by atoms with Crippen LogP contribution in [0.3, 0.4) is 0 Å². The molecule has 0 bridgehead atoms. The standard InChI is InChI=1S/C12H14N2/c1-13-9-11-7-8-12(14-11)10-5-3-2-4-6-10/h2-8,13-14H,9H2,1H3. The van der Waals surface area contributed by atoms with E-state index in [0.29, 0.717) is 0 Å². The molecule has 72 valence electrons. The van der Waals surface area contributed by atoms with E-state index < -0.39 is 0 Å². The van der Waals surface area contributed by atoms with Gasteiger partial charge in [0.25, 0.3) is 0 Å². The molecule has 0 aliphatic carbocycles. The molecule has 2 heteroatoms. The third-order valence-electron chi connectivity index (χ3n) is 2.20. The van der Waals surface area contributed by atoms with Gasteiger partial charge in [-0.05, 0) is 24.7 Å². The molecule has 0 saturated heterocycles. The van der Waals surface area contributed by atoms with Crippen LogP contribution in [0.5, 0.6) is 0 Å². The molecule has 1 aromatic carbocycles. The van der Waals surface area contributed by atoms with E-state index in [0.717, 1.165) is 6.54 Å². The Hall–Kier alpha value is -1.54. The van der Waals surface area contributed by atoms with Gasteiger partial charge >= 0.3 is 0 Å². The summed E-state index contributed by atoms with van der Waals surface area (Å²) in [6, 6.07) is 14.6. The molecule has 0 amide bonds. The van der Waals surface area contributed by atoms with Crippen LogP contribution < -0.4 is 5.32 Å². The fourth-order valence-electron chi connectivity index (χ4n) is 1.52. The average Bonchev–Trinajstić information content (AvgIpc) is 2.68. The highest BCUT2D eigenvalue weighted by atomic mass is 14.9. The highest BCUT2D eigenvalue weighted by molar-refractivity contribution is 5.59. The van der Waals surface area contributed by atoms with Gasteiger partial charge in [-0.3, -0.25) is 0 Å². The number of hydrogen-bond acceptors (Lipinski definition) is 1. The first-order chi connectivity index (χ1) is 6.90. The van der Waals surface area contributed by atoms with E-state index in [9.17, 15) is 0 Å². The zero-order chi connectivity index (χ0) is 9.80. The Morgan fingerprint density at radius 2 is 1.86 bits per heavy atom. The Morgan fingerprint density at radius 1 is 1.07 bits per heavy atom. The SMILES string of the molecule is CNCc1ccc(-c2ccccc2)[nH]1. The predicted molar refractivity (Wildman–Crippen MR) is 59.0 cm³/mol. The van der Waals surface area contributed by atoms with Crippen LogP contribution in [-0.2, 0) is 6.54 Å². The smallest absolute Gasteiger partial charge is 0.0456 e. The maximum Gasteiger partial charge on any atom is 0.0456 e. The molecule has 2 N–H and O–H groups in total. The Morgan fingerprint density at radius 3 is 2.57 bits per heavy atom. The monoisotopic (exact) mass is 186 g/mol. The van der Waals surface area contributed by atoms with Gasteiger partial charge in [0, 0.05) is 17.9 Å². The highest BCUT2D eigenvalue weighted by Gasteiger charge is 1.99. The molecule has 0 unspecified atom stereocenters. The Labute approximate surface area is 84.0 Å². The lowest BCUT2D eigenvalue weighted by atomic mass is 10.2. The van der Waals surface area contributed by atoms with Gasteiger partial charge in [0.1, 0.15) is 0 Å². The fourth-order valence-corrected chi connectivity index (χ4v) is 1.52. The third-order valence-corrected chi connectivity index (χ3v) is 2.20. The number of H-pyrrole nitrogens is 1. The number of hydrogen-bond donors (Lipinski definition) is 2. The van der Waals surface area contributed by atoms with Crippen molar-refractivity contribution in [1.82, 2.24) is 10.3 Å². The summed E-state index contributed by atoms with van der Waals surface area (Å²) in [5.74, 6) is 0. The van der Waals surface area contributed by atoms with Gasteiger partial charge in [-0.1, -0.05) is 30.3 Å². The molecular weight excluding hydrogens is 172 g/mol. The zero-order valence-corrected chi connectivity index (χ0v) is 8.25. The second kappa shape index (κ2) is 4.11. The van der Waals surface area contributed by atoms with Crippen LogP contribution >= 0.6 is 0 Å². The van der Waals surface area contributed by atoms with E-state index in [1.807, 2.05) is 25.2 Å². The lowest BCUT2D eigenvalue weighted by Crippen LogP contribution is -2.04. The summed E-state index contributed by atoms with van der Waals surface area (Å²) in [6.07, 6.45) is 0. The van der Waals surface area contributed by atoms with Gasteiger partial charge in [-0.15, -0.1) is 0 Å². The molecule has 2 nitrogen and oxygen atoms in total. The molecule has 0 saturated carbocycles. The Kier molecular flexibility index (Phi) is 2.65. The molecule has 0 aliphatic heterocycles. The predicted octanol–water partition coefficient (Wildman–Crippen LogP) is 2.40. The number of aromatic amines is 1. The van der Waals surface area contributed by atoms with Gasteiger partial charge < -0.3 is 10.3 Å². The van der Waals surface area contributed by atoms with Gasteiger partial charge in [0.05, 0.1) is 0 Å². The van der Waals surface area contributed by atoms with Crippen LogP contribution in [0.1, 0.15) is 5.69 Å². The second-order valence-corrected chi connectivity index (χ2v) is 3.29. The number of rotatable bonds is 3. The highest BCUT2D eigenvalue weighted by Crippen LogP contribution is 2.17. The van der Waals surface area contributed by atoms with E-state index in [1.54, 1.807) is 0 Å². The summed E-state index contributed by atoms with van der Waals surface area (Å²) in [7, 11) is 1.95. The molecule has 0 spiro atoms. The normalized spacial score (nSPS) is 10.4. The van der Waals surface area contributed by atoms with Crippen LogP contribution in [0.25, 0.3) is 11.3 Å². The first-order valence-electron chi connectivity index (χ1n) is 4.78. The first kappa shape index (κ1) is 9.03. The van der Waals surface area contributed by atoms with Crippen molar-refractivity contribution in [3.63, 3.8) is 0 Å². The lowest BCUT2D eigenvalue weighted by molar-refractivity contribution is 0.798. The molecule has 0 atom stereocenters. The fraction of sp³-hybridized carbons (Fsp3) is 0.167. The molecule has 2 rings (SSSR count). The van der Waals surface area contributed by atoms with Crippen molar-refractivity contribution < 1.29 is 0 Å². The maximum absolute atomic E-state index is 3.37. The van der Waals surface area contributed by atoms with Gasteiger partial charge in [-0.2, -0.15) is 0 Å². The summed E-state index contributed by atoms with van der Waals surface area (Å²) in [5.41, 5.74) is 3.62. The minimum atomic E-state index is 0.882. The second-order valence-electron chi connectivity index (χ2n) is 3.29. The van der Waals surface area contributed by atoms with E-state index in [-0.39, 0.29) is 0 Å². The lowest BCUT2D eigenvalue weighted by Gasteiger charge is -1.97. The number of aromatic nitrogens is 1. The van der Waals surface area contributed by atoms with E-state index >= 15 is 0 Å². The first-order valence-corrected chi connectivity index (χ1v) is 4.78. The summed E-state index contributed by atoms with van der Waals surface area (Å²) < 4.78 is 0. The van der Waals surface area contributed by atoms with Crippen LogP contribution in [0, 0.1) is 0 Å². The molecular formula is C12H14N2. The van der Waals surface area contributed by atoms with Crippen LogP contribution in [0.15, 0.2) is 42.5 Å². The topological polar surface area (TPSA) is 27.8 Å². The van der Waals surface area contributed by atoms with E-state index in [1.165, 1.54) is 17.0 Å². The van der Waals surface area contributed by atoms with E-state index in [4.69, 9.17) is 0 Å². The van der Waals surface area contributed by atoms with Crippen molar-refractivity contribution in [1.29, 1.82) is 0 Å². The van der Waals surface area contributed by atoms with Crippen molar-refractivity contribution >= 4 is 0 Å². The van der Waals surface area contributed by atoms with Crippen molar-refractivity contribution in [3.8, 4) is 11.3 Å². The Balaban J connectivity index is 2.25. The molecule has 0 radical (unpaired) electrons. The molecule has 1 aromatic heterocycles. The maximum atomic E-state index is 3.37. The number of nitrogens with one attached hydrogen (secondary N) is 2. The van der Waals surface area contributed by atoms with Crippen LogP contribution in [0.2, 0.25) is 0 Å². The van der Waals surface area contributed by atoms with Crippen molar-refractivity contribution in [2.24, 2.45) is 0 Å². The molecule has 2 aromatic rings. The van der Waals surface area contributed by atoms with Crippen molar-refractivity contribution in [2.45, 2.75) is 6.54 Å². The number of benzene rings is 1. The van der Waals surface area contributed by atoms with Crippen molar-refractivity contribution in [3.05, 3.63) is 48.2 Å². The Bertz CT molecular complexity index is 390. The summed E-state index contributed by atoms with van der Waals surface area (Å²) in [4.78, 5) is 3.37. The quantitative estimate of drug-likeness (QED) is 0.757. The molecule has 0 aliphatic rings. The summed E-state index contributed by atoms with van der Waals surface area (Å²) in [5, 5.41) is 3.12. The van der Waals surface area contributed by atoms with Crippen LogP contribution in [0.4, 0.5) is 0 Å². The minimum Gasteiger partial charge on any atom is -0.357 e. The summed E-state index contributed by atoms with van der Waals surface area (Å²) >= 11 is 0. The molecule has 14 heavy (non-hydrogen) atoms. The van der Waals surface area contributed by atoms with E-state index in [2.05, 4.69) is 34.6 Å². The largest absolute Gasteiger partial charge is 0.357 e. The third kappa shape index (κ3) is 1.86. The van der Waals surface area contributed by atoms with Crippen LogP contribution in [-0.4, -0.2) is 12.0 Å². The van der Waals surface area contributed by atoms with Gasteiger partial charge in [0.2, 0.25) is 0 Å². The van der Waals surface area contributed by atoms with Crippen molar-refractivity contribution in [2.75, 3.05) is 7.05 Å².